The highest BCUT2D eigenvalue weighted by atomic mass is 16.2. The van der Waals surface area contributed by atoms with Gasteiger partial charge in [0.1, 0.15) is 5.82 Å². The predicted octanol–water partition coefficient (Wildman–Crippen LogP) is 2.19. The Bertz CT molecular complexity index is 723. The lowest BCUT2D eigenvalue weighted by Gasteiger charge is -2.32. The standard InChI is InChI=1S/C20H30N4O2/c1-2-5-18(25)24-10-8-14(12-24)19-21-17-13-23(15-6-3-4-7-15)11-9-16(17)20(26)22-19/h14-15H,2-13H2,1H3,(H,21,22,26). The Morgan fingerprint density at radius 2 is 2.04 bits per heavy atom. The molecule has 2 aliphatic heterocycles. The van der Waals surface area contributed by atoms with Crippen molar-refractivity contribution >= 4 is 5.91 Å². The van der Waals surface area contributed by atoms with Crippen LogP contribution in [0, 0.1) is 0 Å². The molecule has 1 aromatic heterocycles. The molecule has 2 fully saturated rings. The molecule has 1 atom stereocenters. The minimum Gasteiger partial charge on any atom is -0.342 e. The maximum Gasteiger partial charge on any atom is 0.254 e. The Hall–Kier alpha value is -1.69. The number of H-pyrrole nitrogens is 1. The van der Waals surface area contributed by atoms with Crippen LogP contribution in [0.5, 0.6) is 0 Å². The van der Waals surface area contributed by atoms with E-state index in [0.29, 0.717) is 19.0 Å². The first kappa shape index (κ1) is 17.7. The fourth-order valence-corrected chi connectivity index (χ4v) is 4.84. The van der Waals surface area contributed by atoms with E-state index in [0.717, 1.165) is 56.0 Å². The molecule has 1 N–H and O–H groups in total. The fourth-order valence-electron chi connectivity index (χ4n) is 4.84. The predicted molar refractivity (Wildman–Crippen MR) is 100 cm³/mol. The summed E-state index contributed by atoms with van der Waals surface area (Å²) in [6.45, 7) is 5.28. The highest BCUT2D eigenvalue weighted by molar-refractivity contribution is 5.76. The summed E-state index contributed by atoms with van der Waals surface area (Å²) in [4.78, 5) is 37.1. The average Bonchev–Trinajstić information content (AvgIpc) is 3.33. The van der Waals surface area contributed by atoms with Crippen LogP contribution in [0.25, 0.3) is 0 Å². The molecule has 6 heteroatoms. The molecule has 142 valence electrons. The molecule has 0 radical (unpaired) electrons. The summed E-state index contributed by atoms with van der Waals surface area (Å²) in [7, 11) is 0. The number of rotatable bonds is 4. The first-order valence-electron chi connectivity index (χ1n) is 10.3. The first-order valence-corrected chi connectivity index (χ1v) is 10.3. The molecule has 0 aromatic carbocycles. The number of nitrogens with zero attached hydrogens (tertiary/aromatic N) is 3. The van der Waals surface area contributed by atoms with Gasteiger partial charge < -0.3 is 9.88 Å². The molecular formula is C20H30N4O2. The van der Waals surface area contributed by atoms with Gasteiger partial charge >= 0.3 is 0 Å². The number of nitrogens with one attached hydrogen (secondary N) is 1. The van der Waals surface area contributed by atoms with Crippen LogP contribution in [-0.4, -0.2) is 51.4 Å². The average molecular weight is 358 g/mol. The summed E-state index contributed by atoms with van der Waals surface area (Å²) in [5.74, 6) is 1.17. The smallest absolute Gasteiger partial charge is 0.254 e. The molecule has 1 saturated carbocycles. The molecule has 3 heterocycles. The Kier molecular flexibility index (Phi) is 5.11. The van der Waals surface area contributed by atoms with Gasteiger partial charge in [0.05, 0.1) is 5.69 Å². The number of hydrogen-bond donors (Lipinski definition) is 1. The highest BCUT2D eigenvalue weighted by Crippen LogP contribution is 2.29. The summed E-state index contributed by atoms with van der Waals surface area (Å²) in [6, 6.07) is 0.668. The maximum absolute atomic E-state index is 12.6. The molecule has 3 aliphatic rings. The quantitative estimate of drug-likeness (QED) is 0.896. The molecule has 1 amide bonds. The van der Waals surface area contributed by atoms with E-state index in [2.05, 4.69) is 9.88 Å². The van der Waals surface area contributed by atoms with Crippen molar-refractivity contribution in [1.29, 1.82) is 0 Å². The van der Waals surface area contributed by atoms with Crippen LogP contribution < -0.4 is 5.56 Å². The minimum absolute atomic E-state index is 0.0365. The second-order valence-electron chi connectivity index (χ2n) is 8.11. The first-order chi connectivity index (χ1) is 12.7. The third-order valence-electron chi connectivity index (χ3n) is 6.35. The van der Waals surface area contributed by atoms with E-state index in [1.165, 1.54) is 25.7 Å². The number of aromatic amines is 1. The SMILES string of the molecule is CCCC(=O)N1CCC(c2nc3c(c(=O)[nH]2)CCN(C2CCCC2)C3)C1. The number of carbonyl (C=O) groups excluding carboxylic acids is 1. The van der Waals surface area contributed by atoms with Crippen molar-refractivity contribution in [3.63, 3.8) is 0 Å². The van der Waals surface area contributed by atoms with Crippen molar-refractivity contribution in [2.45, 2.75) is 76.8 Å². The fraction of sp³-hybridized carbons (Fsp3) is 0.750. The van der Waals surface area contributed by atoms with Crippen LogP contribution in [0.2, 0.25) is 0 Å². The summed E-state index contributed by atoms with van der Waals surface area (Å²) in [6.07, 6.45) is 8.40. The monoisotopic (exact) mass is 358 g/mol. The second-order valence-corrected chi connectivity index (χ2v) is 8.11. The van der Waals surface area contributed by atoms with Crippen molar-refractivity contribution in [2.75, 3.05) is 19.6 Å². The highest BCUT2D eigenvalue weighted by Gasteiger charge is 2.31. The lowest BCUT2D eigenvalue weighted by atomic mass is 10.0. The molecule has 6 nitrogen and oxygen atoms in total. The van der Waals surface area contributed by atoms with Gasteiger partial charge in [-0.05, 0) is 32.1 Å². The summed E-state index contributed by atoms with van der Waals surface area (Å²) in [5, 5.41) is 0. The molecular weight excluding hydrogens is 328 g/mol. The van der Waals surface area contributed by atoms with Crippen LogP contribution in [0.15, 0.2) is 4.79 Å². The Morgan fingerprint density at radius 1 is 1.23 bits per heavy atom. The van der Waals surface area contributed by atoms with Gasteiger partial charge in [0.15, 0.2) is 0 Å². The maximum atomic E-state index is 12.6. The van der Waals surface area contributed by atoms with Crippen LogP contribution in [-0.2, 0) is 17.8 Å². The van der Waals surface area contributed by atoms with E-state index in [1.807, 2.05) is 11.8 Å². The van der Waals surface area contributed by atoms with Crippen LogP contribution >= 0.6 is 0 Å². The lowest BCUT2D eigenvalue weighted by molar-refractivity contribution is -0.130. The summed E-state index contributed by atoms with van der Waals surface area (Å²) >= 11 is 0. The van der Waals surface area contributed by atoms with Gasteiger partial charge in [-0.15, -0.1) is 0 Å². The van der Waals surface area contributed by atoms with Crippen molar-refractivity contribution in [3.05, 3.63) is 27.4 Å². The third-order valence-corrected chi connectivity index (χ3v) is 6.35. The zero-order chi connectivity index (χ0) is 18.1. The topological polar surface area (TPSA) is 69.3 Å². The van der Waals surface area contributed by atoms with Gasteiger partial charge in [-0.25, -0.2) is 4.98 Å². The summed E-state index contributed by atoms with van der Waals surface area (Å²) < 4.78 is 0. The molecule has 26 heavy (non-hydrogen) atoms. The lowest BCUT2D eigenvalue weighted by Crippen LogP contribution is -2.41. The Labute approximate surface area is 155 Å². The number of likely N-dealkylation sites (tertiary alicyclic amines) is 1. The third kappa shape index (κ3) is 3.43. The van der Waals surface area contributed by atoms with Crippen LogP contribution in [0.1, 0.15) is 74.9 Å². The van der Waals surface area contributed by atoms with Gasteiger partial charge in [-0.3, -0.25) is 14.5 Å². The van der Waals surface area contributed by atoms with Gasteiger partial charge in [0.25, 0.3) is 5.56 Å². The number of amides is 1. The van der Waals surface area contributed by atoms with Crippen molar-refractivity contribution in [1.82, 2.24) is 19.8 Å². The minimum atomic E-state index is 0.0365. The number of aromatic nitrogens is 2. The second kappa shape index (κ2) is 7.51. The van der Waals surface area contributed by atoms with Gasteiger partial charge in [0.2, 0.25) is 5.91 Å². The molecule has 1 unspecified atom stereocenters. The van der Waals surface area contributed by atoms with E-state index in [4.69, 9.17) is 4.98 Å². The van der Waals surface area contributed by atoms with Crippen molar-refractivity contribution in [2.24, 2.45) is 0 Å². The van der Waals surface area contributed by atoms with E-state index >= 15 is 0 Å². The molecule has 4 rings (SSSR count). The number of fused-ring (bicyclic) bond motifs is 1. The Balaban J connectivity index is 1.51. The largest absolute Gasteiger partial charge is 0.342 e. The van der Waals surface area contributed by atoms with E-state index in [1.54, 1.807) is 0 Å². The normalized spacial score (nSPS) is 24.2. The number of carbonyl (C=O) groups is 1. The van der Waals surface area contributed by atoms with Crippen molar-refractivity contribution < 1.29 is 4.79 Å². The van der Waals surface area contributed by atoms with Crippen LogP contribution in [0.3, 0.4) is 0 Å². The van der Waals surface area contributed by atoms with Gasteiger partial charge in [-0.1, -0.05) is 19.8 Å². The van der Waals surface area contributed by atoms with Gasteiger partial charge in [0, 0.05) is 50.1 Å². The van der Waals surface area contributed by atoms with E-state index < -0.39 is 0 Å². The van der Waals surface area contributed by atoms with E-state index in [-0.39, 0.29) is 17.4 Å². The Morgan fingerprint density at radius 3 is 2.81 bits per heavy atom. The zero-order valence-electron chi connectivity index (χ0n) is 15.8. The van der Waals surface area contributed by atoms with Gasteiger partial charge in [-0.2, -0.15) is 0 Å². The van der Waals surface area contributed by atoms with Crippen LogP contribution in [0.4, 0.5) is 0 Å². The molecule has 0 bridgehead atoms. The molecule has 1 aliphatic carbocycles. The number of hydrogen-bond acceptors (Lipinski definition) is 4. The summed E-state index contributed by atoms with van der Waals surface area (Å²) in [5.41, 5.74) is 1.88. The molecule has 1 aromatic rings. The molecule has 1 saturated heterocycles. The molecule has 0 spiro atoms. The van der Waals surface area contributed by atoms with Crippen molar-refractivity contribution in [3.8, 4) is 0 Å². The van der Waals surface area contributed by atoms with E-state index in [9.17, 15) is 9.59 Å². The zero-order valence-corrected chi connectivity index (χ0v) is 15.8.